The summed E-state index contributed by atoms with van der Waals surface area (Å²) < 4.78 is 42.2. The highest BCUT2D eigenvalue weighted by atomic mass is 19.4. The second kappa shape index (κ2) is 6.38. The van der Waals surface area contributed by atoms with Crippen LogP contribution < -0.4 is 10.6 Å². The van der Waals surface area contributed by atoms with Gasteiger partial charge in [0.1, 0.15) is 0 Å². The highest BCUT2D eigenvalue weighted by Gasteiger charge is 2.42. The molecular formula is C11H19F3N2O2. The predicted molar refractivity (Wildman–Crippen MR) is 60.1 cm³/mol. The first-order valence-corrected chi connectivity index (χ1v) is 5.95. The zero-order valence-electron chi connectivity index (χ0n) is 10.5. The lowest BCUT2D eigenvalue weighted by atomic mass is 9.94. The smallest absolute Gasteiger partial charge is 0.380 e. The number of nitrogens with one attached hydrogen (secondary N) is 2. The number of amides is 1. The molecule has 7 heteroatoms. The zero-order chi connectivity index (χ0) is 13.8. The molecule has 1 aliphatic heterocycles. The third-order valence-corrected chi connectivity index (χ3v) is 3.16. The number of hydrogen-bond acceptors (Lipinski definition) is 3. The lowest BCUT2D eigenvalue weighted by molar-refractivity contribution is -0.180. The highest BCUT2D eigenvalue weighted by Crippen LogP contribution is 2.31. The van der Waals surface area contributed by atoms with E-state index in [1.165, 1.54) is 7.11 Å². The van der Waals surface area contributed by atoms with E-state index in [0.717, 1.165) is 0 Å². The van der Waals surface area contributed by atoms with Crippen molar-refractivity contribution < 1.29 is 22.7 Å². The second-order valence-corrected chi connectivity index (χ2v) is 4.57. The molecule has 3 atom stereocenters. The Kier molecular flexibility index (Phi) is 5.40. The Bertz CT molecular complexity index is 276. The fraction of sp³-hybridized carbons (Fsp3) is 0.909. The summed E-state index contributed by atoms with van der Waals surface area (Å²) in [4.78, 5) is 11.7. The van der Waals surface area contributed by atoms with Gasteiger partial charge >= 0.3 is 6.18 Å². The third kappa shape index (κ3) is 4.45. The van der Waals surface area contributed by atoms with E-state index in [1.54, 1.807) is 6.92 Å². The van der Waals surface area contributed by atoms with Crippen LogP contribution in [0.5, 0.6) is 0 Å². The minimum atomic E-state index is -4.18. The van der Waals surface area contributed by atoms with Gasteiger partial charge in [0.25, 0.3) is 0 Å². The van der Waals surface area contributed by atoms with E-state index in [2.05, 4.69) is 10.6 Å². The van der Waals surface area contributed by atoms with Gasteiger partial charge in [0.2, 0.25) is 5.91 Å². The summed E-state index contributed by atoms with van der Waals surface area (Å²) in [6, 6.07) is -0.535. The molecule has 1 fully saturated rings. The second-order valence-electron chi connectivity index (χ2n) is 4.57. The fourth-order valence-electron chi connectivity index (χ4n) is 1.81. The van der Waals surface area contributed by atoms with Crippen LogP contribution in [-0.2, 0) is 9.53 Å². The topological polar surface area (TPSA) is 50.4 Å². The average molecular weight is 268 g/mol. The minimum Gasteiger partial charge on any atom is -0.380 e. The molecular weight excluding hydrogens is 249 g/mol. The van der Waals surface area contributed by atoms with Crippen molar-refractivity contribution in [3.63, 3.8) is 0 Å². The molecule has 1 aliphatic rings. The van der Waals surface area contributed by atoms with Crippen LogP contribution in [-0.4, -0.2) is 44.4 Å². The summed E-state index contributed by atoms with van der Waals surface area (Å²) in [6.45, 7) is 1.96. The molecule has 1 saturated heterocycles. The maximum Gasteiger partial charge on any atom is 0.393 e. The molecule has 0 aliphatic carbocycles. The van der Waals surface area contributed by atoms with Crippen molar-refractivity contribution in [3.05, 3.63) is 0 Å². The Labute approximate surface area is 104 Å². The van der Waals surface area contributed by atoms with Crippen LogP contribution in [0.3, 0.4) is 0 Å². The Hall–Kier alpha value is -0.820. The van der Waals surface area contributed by atoms with Crippen molar-refractivity contribution in [2.45, 2.75) is 38.1 Å². The molecule has 18 heavy (non-hydrogen) atoms. The van der Waals surface area contributed by atoms with Gasteiger partial charge in [-0.05, 0) is 19.8 Å². The number of hydrogen-bond donors (Lipinski definition) is 2. The van der Waals surface area contributed by atoms with E-state index in [9.17, 15) is 18.0 Å². The lowest BCUT2D eigenvalue weighted by Gasteiger charge is -2.30. The van der Waals surface area contributed by atoms with Crippen LogP contribution in [0.2, 0.25) is 0 Å². The standard InChI is InChI=1S/C11H19F3N2O2/c1-7(18-2)5-16-10(17)9-4-3-8(6-15-9)11(12,13)14/h7-9,15H,3-6H2,1-2H3,(H,16,17). The van der Waals surface area contributed by atoms with Gasteiger partial charge in [0.15, 0.2) is 0 Å². The molecule has 0 bridgehead atoms. The molecule has 3 unspecified atom stereocenters. The monoisotopic (exact) mass is 268 g/mol. The van der Waals surface area contributed by atoms with Crippen LogP contribution in [0, 0.1) is 5.92 Å². The van der Waals surface area contributed by atoms with Crippen molar-refractivity contribution in [2.75, 3.05) is 20.2 Å². The summed E-state index contributed by atoms with van der Waals surface area (Å²) >= 11 is 0. The van der Waals surface area contributed by atoms with Gasteiger partial charge < -0.3 is 15.4 Å². The molecule has 0 saturated carbocycles. The van der Waals surface area contributed by atoms with E-state index in [-0.39, 0.29) is 31.4 Å². The number of methoxy groups -OCH3 is 1. The fourth-order valence-corrected chi connectivity index (χ4v) is 1.81. The zero-order valence-corrected chi connectivity index (χ0v) is 10.5. The third-order valence-electron chi connectivity index (χ3n) is 3.16. The number of halogens is 3. The molecule has 4 nitrogen and oxygen atoms in total. The molecule has 0 aromatic heterocycles. The van der Waals surface area contributed by atoms with Crippen LogP contribution in [0.25, 0.3) is 0 Å². The van der Waals surface area contributed by atoms with E-state index in [1.807, 2.05) is 0 Å². The van der Waals surface area contributed by atoms with Gasteiger partial charge in [-0.1, -0.05) is 0 Å². The van der Waals surface area contributed by atoms with Crippen LogP contribution in [0.1, 0.15) is 19.8 Å². The van der Waals surface area contributed by atoms with Gasteiger partial charge in [-0.2, -0.15) is 13.2 Å². The van der Waals surface area contributed by atoms with Crippen molar-refractivity contribution in [2.24, 2.45) is 5.92 Å². The van der Waals surface area contributed by atoms with Gasteiger partial charge in [0, 0.05) is 20.2 Å². The van der Waals surface area contributed by atoms with E-state index < -0.39 is 18.1 Å². The van der Waals surface area contributed by atoms with Crippen molar-refractivity contribution in [3.8, 4) is 0 Å². The Morgan fingerprint density at radius 1 is 1.50 bits per heavy atom. The Morgan fingerprint density at radius 2 is 2.17 bits per heavy atom. The minimum absolute atomic E-state index is 0.00554. The molecule has 0 aromatic rings. The molecule has 0 radical (unpaired) electrons. The van der Waals surface area contributed by atoms with Crippen LogP contribution in [0.15, 0.2) is 0 Å². The maximum absolute atomic E-state index is 12.4. The summed E-state index contributed by atoms with van der Waals surface area (Å²) in [5.41, 5.74) is 0. The number of ether oxygens (including phenoxy) is 1. The molecule has 0 spiro atoms. The number of piperidine rings is 1. The number of carbonyl (C=O) groups is 1. The largest absolute Gasteiger partial charge is 0.393 e. The maximum atomic E-state index is 12.4. The predicted octanol–water partition coefficient (Wildman–Crippen LogP) is 1.07. The van der Waals surface area contributed by atoms with Gasteiger partial charge in [-0.3, -0.25) is 4.79 Å². The van der Waals surface area contributed by atoms with Gasteiger partial charge in [0.05, 0.1) is 18.1 Å². The number of rotatable bonds is 4. The van der Waals surface area contributed by atoms with Crippen molar-refractivity contribution in [1.29, 1.82) is 0 Å². The van der Waals surface area contributed by atoms with E-state index >= 15 is 0 Å². The molecule has 2 N–H and O–H groups in total. The Balaban J connectivity index is 2.32. The number of carbonyl (C=O) groups excluding carboxylic acids is 1. The van der Waals surface area contributed by atoms with E-state index in [4.69, 9.17) is 4.74 Å². The van der Waals surface area contributed by atoms with Gasteiger partial charge in [-0.25, -0.2) is 0 Å². The summed E-state index contributed by atoms with van der Waals surface area (Å²) in [5, 5.41) is 5.29. The normalized spacial score (nSPS) is 26.7. The van der Waals surface area contributed by atoms with Crippen LogP contribution in [0.4, 0.5) is 13.2 Å². The SMILES string of the molecule is COC(C)CNC(=O)C1CCC(C(F)(F)F)CN1. The highest BCUT2D eigenvalue weighted by molar-refractivity contribution is 5.81. The summed E-state index contributed by atoms with van der Waals surface area (Å²) in [6.07, 6.45) is -4.09. The molecule has 1 amide bonds. The van der Waals surface area contributed by atoms with Crippen LogP contribution >= 0.6 is 0 Å². The van der Waals surface area contributed by atoms with Gasteiger partial charge in [-0.15, -0.1) is 0 Å². The first-order chi connectivity index (χ1) is 8.34. The first kappa shape index (κ1) is 15.2. The van der Waals surface area contributed by atoms with Crippen molar-refractivity contribution in [1.82, 2.24) is 10.6 Å². The first-order valence-electron chi connectivity index (χ1n) is 5.95. The van der Waals surface area contributed by atoms with E-state index in [0.29, 0.717) is 6.54 Å². The Morgan fingerprint density at radius 3 is 2.61 bits per heavy atom. The molecule has 106 valence electrons. The summed E-state index contributed by atoms with van der Waals surface area (Å²) in [5.74, 6) is -1.61. The summed E-state index contributed by atoms with van der Waals surface area (Å²) in [7, 11) is 1.53. The number of alkyl halides is 3. The molecule has 0 aromatic carbocycles. The molecule has 1 rings (SSSR count). The van der Waals surface area contributed by atoms with Crippen molar-refractivity contribution >= 4 is 5.91 Å². The average Bonchev–Trinajstić information content (AvgIpc) is 2.34. The lowest BCUT2D eigenvalue weighted by Crippen LogP contribution is -2.52. The molecule has 1 heterocycles. The quantitative estimate of drug-likeness (QED) is 0.802.